The Morgan fingerprint density at radius 2 is 1.87 bits per heavy atom. The summed E-state index contributed by atoms with van der Waals surface area (Å²) in [5.41, 5.74) is 1.15. The number of nitrogens with zero attached hydrogens (tertiary/aromatic N) is 2. The summed E-state index contributed by atoms with van der Waals surface area (Å²) in [6.07, 6.45) is 4.40. The van der Waals surface area contributed by atoms with Crippen LogP contribution in [-0.4, -0.2) is 33.9 Å². The molecule has 30 heavy (non-hydrogen) atoms. The number of nitrogens with one attached hydrogen (secondary N) is 1. The Bertz CT molecular complexity index is 1100. The molecular formula is C23H25N3O3S. The molecule has 0 saturated heterocycles. The number of benzene rings is 2. The average Bonchev–Trinajstić information content (AvgIpc) is 3.27. The number of methoxy groups -OCH3 is 1. The summed E-state index contributed by atoms with van der Waals surface area (Å²) in [6, 6.07) is 14.8. The monoisotopic (exact) mass is 423 g/mol. The van der Waals surface area contributed by atoms with Crippen molar-refractivity contribution in [1.29, 1.82) is 0 Å². The highest BCUT2D eigenvalue weighted by molar-refractivity contribution is 8.00. The molecule has 1 N–H and O–H groups in total. The van der Waals surface area contributed by atoms with Crippen molar-refractivity contribution >= 4 is 28.6 Å². The Hall–Kier alpha value is -2.80. The minimum absolute atomic E-state index is 0.0180. The van der Waals surface area contributed by atoms with Gasteiger partial charge in [-0.1, -0.05) is 36.7 Å². The van der Waals surface area contributed by atoms with E-state index < -0.39 is 0 Å². The lowest BCUT2D eigenvalue weighted by Crippen LogP contribution is -2.38. The first kappa shape index (κ1) is 20.5. The average molecular weight is 424 g/mol. The topological polar surface area (TPSA) is 73.2 Å². The molecule has 0 unspecified atom stereocenters. The van der Waals surface area contributed by atoms with E-state index in [4.69, 9.17) is 9.72 Å². The van der Waals surface area contributed by atoms with Gasteiger partial charge in [-0.3, -0.25) is 14.2 Å². The second kappa shape index (κ2) is 8.92. The summed E-state index contributed by atoms with van der Waals surface area (Å²) < 4.78 is 6.81. The first-order valence-electron chi connectivity index (χ1n) is 10.2. The highest BCUT2D eigenvalue weighted by Gasteiger charge is 2.23. The van der Waals surface area contributed by atoms with Gasteiger partial charge < -0.3 is 10.1 Å². The van der Waals surface area contributed by atoms with E-state index in [2.05, 4.69) is 5.32 Å². The maximum Gasteiger partial charge on any atom is 0.266 e. The smallest absolute Gasteiger partial charge is 0.266 e. The van der Waals surface area contributed by atoms with Crippen LogP contribution >= 0.6 is 11.8 Å². The SMILES string of the molecule is COc1ccc(-n2c(S[C@@H](C)C(=O)NC3CCCC3)nc3ccccc3c2=O)cc1. The Balaban J connectivity index is 1.71. The largest absolute Gasteiger partial charge is 0.497 e. The summed E-state index contributed by atoms with van der Waals surface area (Å²) >= 11 is 1.30. The molecule has 7 heteroatoms. The van der Waals surface area contributed by atoms with E-state index in [1.807, 2.05) is 49.4 Å². The molecule has 0 aliphatic heterocycles. The molecule has 0 spiro atoms. The Labute approximate surface area is 179 Å². The second-order valence-electron chi connectivity index (χ2n) is 7.50. The van der Waals surface area contributed by atoms with Gasteiger partial charge in [-0.25, -0.2) is 4.98 Å². The van der Waals surface area contributed by atoms with Crippen LogP contribution in [0.15, 0.2) is 58.5 Å². The lowest BCUT2D eigenvalue weighted by molar-refractivity contribution is -0.120. The van der Waals surface area contributed by atoms with Crippen molar-refractivity contribution in [2.75, 3.05) is 7.11 Å². The van der Waals surface area contributed by atoms with Gasteiger partial charge in [0, 0.05) is 6.04 Å². The molecule has 1 fully saturated rings. The van der Waals surface area contributed by atoms with Gasteiger partial charge in [0.25, 0.3) is 5.56 Å². The lowest BCUT2D eigenvalue weighted by atomic mass is 10.2. The Morgan fingerprint density at radius 1 is 1.17 bits per heavy atom. The molecule has 156 valence electrons. The maximum atomic E-state index is 13.3. The number of amides is 1. The third kappa shape index (κ3) is 4.21. The van der Waals surface area contributed by atoms with Crippen LogP contribution in [0.5, 0.6) is 5.75 Å². The summed E-state index contributed by atoms with van der Waals surface area (Å²) in [5.74, 6) is 0.689. The first-order valence-corrected chi connectivity index (χ1v) is 11.1. The van der Waals surface area contributed by atoms with Gasteiger partial charge in [-0.05, 0) is 56.2 Å². The molecule has 1 heterocycles. The summed E-state index contributed by atoms with van der Waals surface area (Å²) in [5, 5.41) is 3.80. The molecular weight excluding hydrogens is 398 g/mol. The van der Waals surface area contributed by atoms with Gasteiger partial charge >= 0.3 is 0 Å². The fourth-order valence-electron chi connectivity index (χ4n) is 3.75. The zero-order valence-electron chi connectivity index (χ0n) is 17.1. The van der Waals surface area contributed by atoms with Gasteiger partial charge in [0.2, 0.25) is 5.91 Å². The molecule has 4 rings (SSSR count). The van der Waals surface area contributed by atoms with Crippen molar-refractivity contribution in [3.8, 4) is 11.4 Å². The number of hydrogen-bond donors (Lipinski definition) is 1. The van der Waals surface area contributed by atoms with Crippen molar-refractivity contribution in [3.05, 3.63) is 58.9 Å². The third-order valence-corrected chi connectivity index (χ3v) is 6.48. The van der Waals surface area contributed by atoms with Crippen LogP contribution in [0.2, 0.25) is 0 Å². The number of carbonyl (C=O) groups is 1. The number of para-hydroxylation sites is 1. The van der Waals surface area contributed by atoms with Crippen molar-refractivity contribution in [2.24, 2.45) is 0 Å². The van der Waals surface area contributed by atoms with Gasteiger partial charge in [0.1, 0.15) is 5.75 Å². The number of carbonyl (C=O) groups excluding carboxylic acids is 1. The van der Waals surface area contributed by atoms with Crippen LogP contribution in [0.25, 0.3) is 16.6 Å². The Kier molecular flexibility index (Phi) is 6.08. The molecule has 1 aromatic heterocycles. The number of ether oxygens (including phenoxy) is 1. The highest BCUT2D eigenvalue weighted by Crippen LogP contribution is 2.27. The molecule has 2 aromatic carbocycles. The molecule has 0 bridgehead atoms. The van der Waals surface area contributed by atoms with Crippen LogP contribution < -0.4 is 15.6 Å². The fourth-order valence-corrected chi connectivity index (χ4v) is 4.69. The van der Waals surface area contributed by atoms with Gasteiger partial charge in [0.05, 0.1) is 29.0 Å². The van der Waals surface area contributed by atoms with E-state index in [-0.39, 0.29) is 22.8 Å². The summed E-state index contributed by atoms with van der Waals surface area (Å²) in [6.45, 7) is 1.86. The fraction of sp³-hybridized carbons (Fsp3) is 0.348. The van der Waals surface area contributed by atoms with Crippen LogP contribution in [-0.2, 0) is 4.79 Å². The number of aromatic nitrogens is 2. The Morgan fingerprint density at radius 3 is 2.57 bits per heavy atom. The second-order valence-corrected chi connectivity index (χ2v) is 8.81. The normalized spacial score (nSPS) is 15.3. The molecule has 1 atom stereocenters. The molecule has 6 nitrogen and oxygen atoms in total. The number of fused-ring (bicyclic) bond motifs is 1. The van der Waals surface area contributed by atoms with E-state index in [0.717, 1.165) is 25.7 Å². The van der Waals surface area contributed by atoms with Gasteiger partial charge in [0.15, 0.2) is 5.16 Å². The molecule has 0 radical (unpaired) electrons. The quantitative estimate of drug-likeness (QED) is 0.480. The standard InChI is InChI=1S/C23H25N3O3S/c1-15(21(27)24-16-7-3-4-8-16)30-23-25-20-10-6-5-9-19(20)22(28)26(23)17-11-13-18(29-2)14-12-17/h5-6,9-16H,3-4,7-8H2,1-2H3,(H,24,27)/t15-/m0/s1. The van der Waals surface area contributed by atoms with Gasteiger partial charge in [-0.15, -0.1) is 0 Å². The number of hydrogen-bond acceptors (Lipinski definition) is 5. The van der Waals surface area contributed by atoms with Crippen LogP contribution in [0.1, 0.15) is 32.6 Å². The van der Waals surface area contributed by atoms with E-state index in [9.17, 15) is 9.59 Å². The molecule has 1 saturated carbocycles. The number of rotatable bonds is 6. The van der Waals surface area contributed by atoms with Crippen molar-refractivity contribution in [3.63, 3.8) is 0 Å². The minimum Gasteiger partial charge on any atom is -0.497 e. The van der Waals surface area contributed by atoms with E-state index in [1.165, 1.54) is 11.8 Å². The molecule has 1 aliphatic rings. The zero-order valence-corrected chi connectivity index (χ0v) is 17.9. The van der Waals surface area contributed by atoms with E-state index >= 15 is 0 Å². The zero-order chi connectivity index (χ0) is 21.1. The van der Waals surface area contributed by atoms with Crippen LogP contribution in [0.4, 0.5) is 0 Å². The van der Waals surface area contributed by atoms with Crippen LogP contribution in [0.3, 0.4) is 0 Å². The predicted octanol–water partition coefficient (Wildman–Crippen LogP) is 3.93. The van der Waals surface area contributed by atoms with Crippen molar-refractivity contribution < 1.29 is 9.53 Å². The maximum absolute atomic E-state index is 13.3. The molecule has 1 aliphatic carbocycles. The lowest BCUT2D eigenvalue weighted by Gasteiger charge is -2.18. The first-order chi connectivity index (χ1) is 14.6. The summed E-state index contributed by atoms with van der Waals surface area (Å²) in [4.78, 5) is 30.8. The molecule has 3 aromatic rings. The van der Waals surface area contributed by atoms with Crippen LogP contribution in [0, 0.1) is 0 Å². The van der Waals surface area contributed by atoms with Crippen molar-refractivity contribution in [2.45, 2.75) is 49.1 Å². The number of thioether (sulfide) groups is 1. The predicted molar refractivity (Wildman–Crippen MR) is 120 cm³/mol. The van der Waals surface area contributed by atoms with E-state index in [1.54, 1.807) is 17.7 Å². The summed E-state index contributed by atoms with van der Waals surface area (Å²) in [7, 11) is 1.60. The van der Waals surface area contributed by atoms with E-state index in [0.29, 0.717) is 27.5 Å². The molecule has 1 amide bonds. The minimum atomic E-state index is -0.372. The van der Waals surface area contributed by atoms with Crippen molar-refractivity contribution in [1.82, 2.24) is 14.9 Å². The highest BCUT2D eigenvalue weighted by atomic mass is 32.2. The van der Waals surface area contributed by atoms with Gasteiger partial charge in [-0.2, -0.15) is 0 Å². The third-order valence-electron chi connectivity index (χ3n) is 5.43.